The predicted octanol–water partition coefficient (Wildman–Crippen LogP) is 3.27. The molecule has 5 nitrogen and oxygen atoms in total. The molecule has 4 rings (SSSR count). The summed E-state index contributed by atoms with van der Waals surface area (Å²) in [5, 5.41) is 3.19. The standard InChI is InChI=1S/C19H23FN4O/c20-15-6-7-17-14(11-15)3-1-5-18(17)22-19(25)24-9-2-4-16(24)12-23-10-8-21-13-23/h6-8,10-11,13,16,18H,1-5,9,12H2,(H,22,25). The highest BCUT2D eigenvalue weighted by Gasteiger charge is 2.31. The first kappa shape index (κ1) is 16.1. The molecule has 1 aromatic carbocycles. The number of rotatable bonds is 3. The first-order chi connectivity index (χ1) is 12.2. The Morgan fingerprint density at radius 1 is 1.32 bits per heavy atom. The lowest BCUT2D eigenvalue weighted by Crippen LogP contribution is -2.46. The Morgan fingerprint density at radius 3 is 3.08 bits per heavy atom. The fourth-order valence-electron chi connectivity index (χ4n) is 4.10. The summed E-state index contributed by atoms with van der Waals surface area (Å²) in [5.74, 6) is -0.203. The van der Waals surface area contributed by atoms with Crippen molar-refractivity contribution < 1.29 is 9.18 Å². The molecule has 6 heteroatoms. The van der Waals surface area contributed by atoms with Gasteiger partial charge in [-0.3, -0.25) is 0 Å². The van der Waals surface area contributed by atoms with E-state index in [1.807, 2.05) is 21.7 Å². The number of carbonyl (C=O) groups excluding carboxylic acids is 1. The normalized spacial score (nSPS) is 22.7. The van der Waals surface area contributed by atoms with E-state index >= 15 is 0 Å². The van der Waals surface area contributed by atoms with Gasteiger partial charge in [-0.15, -0.1) is 0 Å². The Labute approximate surface area is 146 Å². The second-order valence-corrected chi connectivity index (χ2v) is 6.99. The number of hydrogen-bond acceptors (Lipinski definition) is 2. The summed E-state index contributed by atoms with van der Waals surface area (Å²) in [7, 11) is 0. The number of halogens is 1. The number of benzene rings is 1. The van der Waals surface area contributed by atoms with Crippen LogP contribution in [-0.2, 0) is 13.0 Å². The second-order valence-electron chi connectivity index (χ2n) is 6.99. The molecule has 2 atom stereocenters. The van der Waals surface area contributed by atoms with Crippen molar-refractivity contribution in [3.63, 3.8) is 0 Å². The fraction of sp³-hybridized carbons (Fsp3) is 0.474. The Morgan fingerprint density at radius 2 is 2.24 bits per heavy atom. The molecule has 1 aliphatic heterocycles. The van der Waals surface area contributed by atoms with E-state index in [9.17, 15) is 9.18 Å². The van der Waals surface area contributed by atoms with Gasteiger partial charge in [0.05, 0.1) is 18.4 Å². The van der Waals surface area contributed by atoms with E-state index in [4.69, 9.17) is 0 Å². The van der Waals surface area contributed by atoms with E-state index in [0.717, 1.165) is 56.3 Å². The van der Waals surface area contributed by atoms with Crippen LogP contribution in [0.4, 0.5) is 9.18 Å². The van der Waals surface area contributed by atoms with Crippen LogP contribution in [0, 0.1) is 5.82 Å². The molecule has 1 aromatic heterocycles. The number of carbonyl (C=O) groups is 1. The number of aryl methyl sites for hydroxylation is 1. The third kappa shape index (κ3) is 3.38. The molecule has 25 heavy (non-hydrogen) atoms. The molecule has 1 saturated heterocycles. The van der Waals surface area contributed by atoms with Crippen molar-refractivity contribution >= 4 is 6.03 Å². The Hall–Kier alpha value is -2.37. The predicted molar refractivity (Wildman–Crippen MR) is 92.6 cm³/mol. The number of nitrogens with zero attached hydrogens (tertiary/aromatic N) is 3. The van der Waals surface area contributed by atoms with E-state index in [0.29, 0.717) is 0 Å². The molecule has 1 N–H and O–H groups in total. The lowest BCUT2D eigenvalue weighted by Gasteiger charge is -2.31. The molecule has 1 aliphatic carbocycles. The maximum Gasteiger partial charge on any atom is 0.318 e. The highest BCUT2D eigenvalue weighted by Crippen LogP contribution is 2.31. The molecular weight excluding hydrogens is 319 g/mol. The average molecular weight is 342 g/mol. The topological polar surface area (TPSA) is 50.2 Å². The van der Waals surface area contributed by atoms with E-state index < -0.39 is 0 Å². The van der Waals surface area contributed by atoms with Crippen molar-refractivity contribution in [2.45, 2.75) is 50.7 Å². The number of imidazole rings is 1. The third-order valence-corrected chi connectivity index (χ3v) is 5.34. The van der Waals surface area contributed by atoms with Gasteiger partial charge in [-0.05, 0) is 55.4 Å². The number of hydrogen-bond donors (Lipinski definition) is 1. The van der Waals surface area contributed by atoms with E-state index in [1.165, 1.54) is 6.07 Å². The quantitative estimate of drug-likeness (QED) is 0.931. The summed E-state index contributed by atoms with van der Waals surface area (Å²) < 4.78 is 15.5. The number of urea groups is 1. The van der Waals surface area contributed by atoms with Gasteiger partial charge in [-0.2, -0.15) is 0 Å². The maximum atomic E-state index is 13.5. The van der Waals surface area contributed by atoms with Gasteiger partial charge in [0.15, 0.2) is 0 Å². The minimum atomic E-state index is -0.203. The lowest BCUT2D eigenvalue weighted by molar-refractivity contribution is 0.182. The van der Waals surface area contributed by atoms with Gasteiger partial charge in [-0.1, -0.05) is 6.07 Å². The third-order valence-electron chi connectivity index (χ3n) is 5.34. The van der Waals surface area contributed by atoms with Crippen LogP contribution >= 0.6 is 0 Å². The van der Waals surface area contributed by atoms with Crippen LogP contribution in [0.15, 0.2) is 36.9 Å². The van der Waals surface area contributed by atoms with Crippen LogP contribution in [0.1, 0.15) is 42.9 Å². The van der Waals surface area contributed by atoms with E-state index in [-0.39, 0.29) is 23.9 Å². The van der Waals surface area contributed by atoms with Gasteiger partial charge in [0.25, 0.3) is 0 Å². The van der Waals surface area contributed by atoms with Gasteiger partial charge in [-0.25, -0.2) is 14.2 Å². The number of likely N-dealkylation sites (tertiary alicyclic amines) is 1. The molecule has 132 valence electrons. The van der Waals surface area contributed by atoms with Crippen molar-refractivity contribution in [3.05, 3.63) is 53.9 Å². The first-order valence-corrected chi connectivity index (χ1v) is 9.02. The summed E-state index contributed by atoms with van der Waals surface area (Å²) in [6, 6.07) is 5.08. The maximum absolute atomic E-state index is 13.5. The van der Waals surface area contributed by atoms with Crippen LogP contribution in [-0.4, -0.2) is 33.1 Å². The summed E-state index contributed by atoms with van der Waals surface area (Å²) in [4.78, 5) is 18.9. The minimum Gasteiger partial charge on any atom is -0.335 e. The van der Waals surface area contributed by atoms with Gasteiger partial charge < -0.3 is 14.8 Å². The smallest absolute Gasteiger partial charge is 0.318 e. The van der Waals surface area contributed by atoms with Crippen molar-refractivity contribution in [1.29, 1.82) is 0 Å². The molecule has 0 bridgehead atoms. The molecule has 2 amide bonds. The zero-order chi connectivity index (χ0) is 17.2. The van der Waals surface area contributed by atoms with Gasteiger partial charge in [0.1, 0.15) is 5.82 Å². The molecule has 2 aliphatic rings. The fourth-order valence-corrected chi connectivity index (χ4v) is 4.10. The summed E-state index contributed by atoms with van der Waals surface area (Å²) in [6.45, 7) is 1.56. The number of fused-ring (bicyclic) bond motifs is 1. The Balaban J connectivity index is 1.45. The van der Waals surface area contributed by atoms with Crippen LogP contribution in [0.25, 0.3) is 0 Å². The molecule has 0 saturated carbocycles. The molecule has 2 aromatic rings. The summed E-state index contributed by atoms with van der Waals surface area (Å²) in [5.41, 5.74) is 2.08. The first-order valence-electron chi connectivity index (χ1n) is 9.02. The molecular formula is C19H23FN4O. The van der Waals surface area contributed by atoms with Gasteiger partial charge in [0.2, 0.25) is 0 Å². The summed E-state index contributed by atoms with van der Waals surface area (Å²) >= 11 is 0. The van der Waals surface area contributed by atoms with Crippen molar-refractivity contribution in [2.75, 3.05) is 6.54 Å². The van der Waals surface area contributed by atoms with Crippen molar-refractivity contribution in [2.24, 2.45) is 0 Å². The van der Waals surface area contributed by atoms with Crippen LogP contribution < -0.4 is 5.32 Å². The molecule has 2 unspecified atom stereocenters. The van der Waals surface area contributed by atoms with Crippen LogP contribution in [0.5, 0.6) is 0 Å². The number of aromatic nitrogens is 2. The highest BCUT2D eigenvalue weighted by atomic mass is 19.1. The Kier molecular flexibility index (Phi) is 4.42. The van der Waals surface area contributed by atoms with Crippen LogP contribution in [0.2, 0.25) is 0 Å². The van der Waals surface area contributed by atoms with Crippen molar-refractivity contribution in [1.82, 2.24) is 19.8 Å². The summed E-state index contributed by atoms with van der Waals surface area (Å²) in [6.07, 6.45) is 10.3. The second kappa shape index (κ2) is 6.86. The van der Waals surface area contributed by atoms with E-state index in [1.54, 1.807) is 18.6 Å². The lowest BCUT2D eigenvalue weighted by atomic mass is 9.87. The molecule has 1 fully saturated rings. The monoisotopic (exact) mass is 342 g/mol. The minimum absolute atomic E-state index is 0.00945. The molecule has 2 heterocycles. The molecule has 0 spiro atoms. The number of amides is 2. The SMILES string of the molecule is O=C(NC1CCCc2cc(F)ccc21)N1CCCC1Cn1ccnc1. The van der Waals surface area contributed by atoms with Crippen LogP contribution in [0.3, 0.4) is 0 Å². The molecule has 0 radical (unpaired) electrons. The van der Waals surface area contributed by atoms with Crippen molar-refractivity contribution in [3.8, 4) is 0 Å². The number of nitrogens with one attached hydrogen (secondary N) is 1. The zero-order valence-corrected chi connectivity index (χ0v) is 14.2. The Bertz CT molecular complexity index is 746. The highest BCUT2D eigenvalue weighted by molar-refractivity contribution is 5.75. The van der Waals surface area contributed by atoms with Gasteiger partial charge >= 0.3 is 6.03 Å². The average Bonchev–Trinajstić information content (AvgIpc) is 3.27. The largest absolute Gasteiger partial charge is 0.335 e. The van der Waals surface area contributed by atoms with Gasteiger partial charge in [0, 0.05) is 25.5 Å². The zero-order valence-electron chi connectivity index (χ0n) is 14.2. The van der Waals surface area contributed by atoms with E-state index in [2.05, 4.69) is 10.3 Å².